The van der Waals surface area contributed by atoms with Crippen LogP contribution in [0, 0.1) is 0 Å². The Kier molecular flexibility index (Phi) is 3.84. The topological polar surface area (TPSA) is 82.6 Å². The third-order valence-electron chi connectivity index (χ3n) is 3.67. The molecule has 2 N–H and O–H groups in total. The predicted molar refractivity (Wildman–Crippen MR) is 80.9 cm³/mol. The number of H-pyrrole nitrogens is 1. The number of nitrogens with zero attached hydrogens (tertiary/aromatic N) is 1. The van der Waals surface area contributed by atoms with Gasteiger partial charge in [-0.25, -0.2) is 0 Å². The van der Waals surface area contributed by atoms with E-state index in [9.17, 15) is 23.5 Å². The molecule has 0 aliphatic carbocycles. The summed E-state index contributed by atoms with van der Waals surface area (Å²) in [6.45, 7) is 1.19. The molecule has 24 heavy (non-hydrogen) atoms. The van der Waals surface area contributed by atoms with Gasteiger partial charge < -0.3 is 14.8 Å². The average Bonchev–Trinajstić information content (AvgIpc) is 2.51. The first-order valence-electron chi connectivity index (χ1n) is 7.17. The second-order valence-corrected chi connectivity index (χ2v) is 5.44. The highest BCUT2D eigenvalue weighted by Gasteiger charge is 2.51. The van der Waals surface area contributed by atoms with Gasteiger partial charge in [0.15, 0.2) is 5.75 Å². The first-order valence-corrected chi connectivity index (χ1v) is 7.17. The third-order valence-corrected chi connectivity index (χ3v) is 3.67. The first kappa shape index (κ1) is 16.1. The summed E-state index contributed by atoms with van der Waals surface area (Å²) in [7, 11) is 0. The Morgan fingerprint density at radius 1 is 1.33 bits per heavy atom. The lowest BCUT2D eigenvalue weighted by Gasteiger charge is -2.34. The molecule has 0 spiro atoms. The van der Waals surface area contributed by atoms with Gasteiger partial charge in [-0.1, -0.05) is 12.1 Å². The Morgan fingerprint density at radius 2 is 2.08 bits per heavy atom. The summed E-state index contributed by atoms with van der Waals surface area (Å²) in [4.78, 5) is 26.7. The molecule has 0 radical (unpaired) electrons. The Bertz CT molecular complexity index is 848. The van der Waals surface area contributed by atoms with Crippen LogP contribution in [-0.2, 0) is 11.3 Å². The number of aromatic nitrogens is 1. The molecular weight excluding hydrogens is 322 g/mol. The highest BCUT2D eigenvalue weighted by atomic mass is 19.3. The van der Waals surface area contributed by atoms with Gasteiger partial charge in [0.1, 0.15) is 0 Å². The van der Waals surface area contributed by atoms with Crippen molar-refractivity contribution in [1.82, 2.24) is 4.98 Å². The number of alkyl halides is 2. The van der Waals surface area contributed by atoms with Crippen LogP contribution in [0.2, 0.25) is 0 Å². The van der Waals surface area contributed by atoms with Crippen LogP contribution < -0.4 is 15.2 Å². The zero-order valence-electron chi connectivity index (χ0n) is 12.6. The number of amides is 1. The quantitative estimate of drug-likeness (QED) is 0.897. The SMILES string of the molecule is C[C@H](O)c1cccc2c1OC(F)(F)C(=O)N2Cc1cc[nH]c(=O)c1. The number of anilines is 1. The van der Waals surface area contributed by atoms with Gasteiger partial charge in [0.25, 0.3) is 0 Å². The summed E-state index contributed by atoms with van der Waals surface area (Å²) in [6, 6.07) is 7.16. The predicted octanol–water partition coefficient (Wildman–Crippen LogP) is 1.95. The van der Waals surface area contributed by atoms with Crippen LogP contribution in [0.5, 0.6) is 5.75 Å². The molecule has 0 saturated heterocycles. The standard InChI is InChI=1S/C16H14F2N2O4/c1-9(21)11-3-2-4-12-14(11)24-16(17,18)15(23)20(12)8-10-5-6-19-13(22)7-10/h2-7,9,21H,8H2,1H3,(H,19,22)/t9-/m0/s1. The molecule has 0 fully saturated rings. The molecule has 1 aromatic carbocycles. The fraction of sp³-hybridized carbons (Fsp3) is 0.250. The molecule has 1 aliphatic rings. The van der Waals surface area contributed by atoms with Crippen molar-refractivity contribution in [2.24, 2.45) is 0 Å². The van der Waals surface area contributed by atoms with Crippen LogP contribution in [0.25, 0.3) is 0 Å². The maximum absolute atomic E-state index is 14.0. The lowest BCUT2D eigenvalue weighted by Crippen LogP contribution is -2.50. The number of nitrogens with one attached hydrogen (secondary N) is 1. The summed E-state index contributed by atoms with van der Waals surface area (Å²) in [6.07, 6.45) is -3.74. The number of pyridine rings is 1. The number of aliphatic hydroxyl groups excluding tert-OH is 1. The maximum atomic E-state index is 14.0. The number of aliphatic hydroxyl groups is 1. The third kappa shape index (κ3) is 2.76. The van der Waals surface area contributed by atoms with E-state index in [1.807, 2.05) is 0 Å². The van der Waals surface area contributed by atoms with E-state index in [0.717, 1.165) is 4.90 Å². The molecule has 1 aromatic heterocycles. The lowest BCUT2D eigenvalue weighted by atomic mass is 10.1. The number of carbonyl (C=O) groups is 1. The smallest absolute Gasteiger partial charge is 0.423 e. The molecule has 2 aromatic rings. The van der Waals surface area contributed by atoms with Crippen molar-refractivity contribution >= 4 is 11.6 Å². The van der Waals surface area contributed by atoms with E-state index >= 15 is 0 Å². The maximum Gasteiger partial charge on any atom is 0.483 e. The second-order valence-electron chi connectivity index (χ2n) is 5.44. The number of hydrogen-bond acceptors (Lipinski definition) is 4. The number of aromatic amines is 1. The largest absolute Gasteiger partial charge is 0.483 e. The molecular formula is C16H14F2N2O4. The number of hydrogen-bond donors (Lipinski definition) is 2. The summed E-state index contributed by atoms with van der Waals surface area (Å²) in [5.41, 5.74) is 0.247. The molecule has 3 rings (SSSR count). The molecule has 8 heteroatoms. The molecule has 0 saturated carbocycles. The number of benzene rings is 1. The van der Waals surface area contributed by atoms with E-state index in [0.29, 0.717) is 5.56 Å². The molecule has 1 aliphatic heterocycles. The van der Waals surface area contributed by atoms with Crippen molar-refractivity contribution in [1.29, 1.82) is 0 Å². The van der Waals surface area contributed by atoms with Gasteiger partial charge in [0, 0.05) is 17.8 Å². The molecule has 0 unspecified atom stereocenters. The average molecular weight is 336 g/mol. The van der Waals surface area contributed by atoms with Crippen molar-refractivity contribution in [3.63, 3.8) is 0 Å². The number of halogens is 2. The van der Waals surface area contributed by atoms with Crippen LogP contribution in [0.15, 0.2) is 41.3 Å². The van der Waals surface area contributed by atoms with Crippen LogP contribution >= 0.6 is 0 Å². The summed E-state index contributed by atoms with van der Waals surface area (Å²) >= 11 is 0. The van der Waals surface area contributed by atoms with Crippen LogP contribution in [0.4, 0.5) is 14.5 Å². The zero-order chi connectivity index (χ0) is 17.5. The van der Waals surface area contributed by atoms with Crippen molar-refractivity contribution < 1.29 is 23.4 Å². The fourth-order valence-corrected chi connectivity index (χ4v) is 2.56. The van der Waals surface area contributed by atoms with Gasteiger partial charge in [0.05, 0.1) is 18.3 Å². The Labute approximate surface area is 135 Å². The van der Waals surface area contributed by atoms with Gasteiger partial charge in [-0.05, 0) is 24.6 Å². The fourth-order valence-electron chi connectivity index (χ4n) is 2.56. The second kappa shape index (κ2) is 5.72. The van der Waals surface area contributed by atoms with Crippen molar-refractivity contribution in [3.05, 3.63) is 58.0 Å². The van der Waals surface area contributed by atoms with Crippen LogP contribution in [0.3, 0.4) is 0 Å². The number of para-hydroxylation sites is 1. The van der Waals surface area contributed by atoms with Gasteiger partial charge in [-0.3, -0.25) is 14.5 Å². The number of fused-ring (bicyclic) bond motifs is 1. The zero-order valence-corrected chi connectivity index (χ0v) is 12.6. The van der Waals surface area contributed by atoms with Gasteiger partial charge in [-0.15, -0.1) is 0 Å². The molecule has 1 atom stereocenters. The monoisotopic (exact) mass is 336 g/mol. The van der Waals surface area contributed by atoms with Crippen LogP contribution in [0.1, 0.15) is 24.2 Å². The highest BCUT2D eigenvalue weighted by molar-refractivity contribution is 6.01. The van der Waals surface area contributed by atoms with E-state index in [1.54, 1.807) is 0 Å². The number of ether oxygens (including phenoxy) is 1. The molecule has 0 bridgehead atoms. The first-order chi connectivity index (χ1) is 11.3. The summed E-state index contributed by atoms with van der Waals surface area (Å²) in [5, 5.41) is 9.75. The van der Waals surface area contributed by atoms with E-state index in [4.69, 9.17) is 0 Å². The summed E-state index contributed by atoms with van der Waals surface area (Å²) in [5.74, 6) is -1.78. The normalized spacial score (nSPS) is 17.2. The highest BCUT2D eigenvalue weighted by Crippen LogP contribution is 2.44. The van der Waals surface area contributed by atoms with Crippen LogP contribution in [-0.4, -0.2) is 22.1 Å². The molecule has 126 valence electrons. The summed E-state index contributed by atoms with van der Waals surface area (Å²) < 4.78 is 32.5. The Balaban J connectivity index is 2.10. The van der Waals surface area contributed by atoms with Gasteiger partial charge >= 0.3 is 12.0 Å². The van der Waals surface area contributed by atoms with E-state index in [2.05, 4.69) is 9.72 Å². The minimum Gasteiger partial charge on any atom is -0.423 e. The van der Waals surface area contributed by atoms with Crippen molar-refractivity contribution in [2.75, 3.05) is 4.90 Å². The minimum atomic E-state index is -4.06. The van der Waals surface area contributed by atoms with Gasteiger partial charge in [-0.2, -0.15) is 8.78 Å². The van der Waals surface area contributed by atoms with Crippen molar-refractivity contribution in [2.45, 2.75) is 25.7 Å². The van der Waals surface area contributed by atoms with E-state index in [1.165, 1.54) is 43.5 Å². The minimum absolute atomic E-state index is 0.115. The molecule has 1 amide bonds. The number of carbonyl (C=O) groups excluding carboxylic acids is 1. The Morgan fingerprint density at radius 3 is 2.75 bits per heavy atom. The van der Waals surface area contributed by atoms with E-state index in [-0.39, 0.29) is 23.5 Å². The molecule has 2 heterocycles. The van der Waals surface area contributed by atoms with Gasteiger partial charge in [0.2, 0.25) is 5.56 Å². The number of rotatable bonds is 3. The van der Waals surface area contributed by atoms with E-state index < -0.39 is 23.7 Å². The molecule has 6 nitrogen and oxygen atoms in total. The van der Waals surface area contributed by atoms with Crippen molar-refractivity contribution in [3.8, 4) is 5.75 Å². The Hall–Kier alpha value is -2.74. The lowest BCUT2D eigenvalue weighted by molar-refractivity contribution is -0.193.